The molecule has 0 bridgehead atoms. The van der Waals surface area contributed by atoms with E-state index < -0.39 is 0 Å². The van der Waals surface area contributed by atoms with E-state index in [1.54, 1.807) is 0 Å². The first-order valence-electron chi connectivity index (χ1n) is 5.26. The van der Waals surface area contributed by atoms with Crippen molar-refractivity contribution < 1.29 is 9.53 Å². The molecule has 0 atom stereocenters. The number of hydrogen-bond donors (Lipinski definition) is 1. The van der Waals surface area contributed by atoms with Crippen LogP contribution < -0.4 is 5.32 Å². The minimum Gasteiger partial charge on any atom is -0.380 e. The van der Waals surface area contributed by atoms with Crippen molar-refractivity contribution in [3.05, 3.63) is 0 Å². The minimum absolute atomic E-state index is 0.216. The topological polar surface area (TPSA) is 38.3 Å². The molecular formula is C10H18ClNO2. The summed E-state index contributed by atoms with van der Waals surface area (Å²) in [5, 5.41) is 2.91. The number of halogens is 1. The molecule has 3 nitrogen and oxygen atoms in total. The molecule has 0 spiro atoms. The quantitative estimate of drug-likeness (QED) is 0.521. The van der Waals surface area contributed by atoms with Crippen molar-refractivity contribution in [1.82, 2.24) is 5.32 Å². The molecule has 0 radical (unpaired) electrons. The van der Waals surface area contributed by atoms with E-state index in [0.717, 1.165) is 25.8 Å². The highest BCUT2D eigenvalue weighted by Gasteiger charge is 2.24. The van der Waals surface area contributed by atoms with Crippen molar-refractivity contribution >= 4 is 17.5 Å². The maximum Gasteiger partial charge on any atom is 0.223 e. The Balaban J connectivity index is 1.85. The summed E-state index contributed by atoms with van der Waals surface area (Å²) in [6.07, 6.45) is 4.20. The number of hydrogen-bond acceptors (Lipinski definition) is 2. The summed E-state index contributed by atoms with van der Waals surface area (Å²) in [7, 11) is 0. The highest BCUT2D eigenvalue weighted by atomic mass is 35.5. The Kier molecular flexibility index (Phi) is 5.96. The van der Waals surface area contributed by atoms with Crippen LogP contribution in [-0.2, 0) is 9.53 Å². The van der Waals surface area contributed by atoms with E-state index in [4.69, 9.17) is 16.3 Å². The summed E-state index contributed by atoms with van der Waals surface area (Å²) >= 11 is 5.44. The van der Waals surface area contributed by atoms with Crippen LogP contribution >= 0.6 is 11.6 Å². The van der Waals surface area contributed by atoms with Crippen molar-refractivity contribution in [3.63, 3.8) is 0 Å². The van der Waals surface area contributed by atoms with Crippen LogP contribution in [0, 0.1) is 5.92 Å². The monoisotopic (exact) mass is 219 g/mol. The second-order valence-electron chi connectivity index (χ2n) is 3.57. The van der Waals surface area contributed by atoms with E-state index in [0.29, 0.717) is 25.0 Å². The zero-order valence-electron chi connectivity index (χ0n) is 8.43. The van der Waals surface area contributed by atoms with Gasteiger partial charge in [0.2, 0.25) is 5.91 Å². The number of alkyl halides is 1. The van der Waals surface area contributed by atoms with Crippen LogP contribution in [0.1, 0.15) is 25.7 Å². The van der Waals surface area contributed by atoms with Crippen molar-refractivity contribution in [1.29, 1.82) is 0 Å². The molecule has 4 heteroatoms. The highest BCUT2D eigenvalue weighted by molar-refractivity contribution is 6.17. The molecule has 0 heterocycles. The average molecular weight is 220 g/mol. The summed E-state index contributed by atoms with van der Waals surface area (Å²) in [4.78, 5) is 11.3. The van der Waals surface area contributed by atoms with Crippen molar-refractivity contribution in [2.75, 3.05) is 25.6 Å². The first-order chi connectivity index (χ1) is 6.84. The smallest absolute Gasteiger partial charge is 0.223 e. The normalized spacial score (nSPS) is 16.4. The molecule has 0 saturated heterocycles. The van der Waals surface area contributed by atoms with Gasteiger partial charge in [-0.25, -0.2) is 0 Å². The van der Waals surface area contributed by atoms with Crippen LogP contribution in [0.3, 0.4) is 0 Å². The highest BCUT2D eigenvalue weighted by Crippen LogP contribution is 2.25. The Labute approximate surface area is 90.1 Å². The van der Waals surface area contributed by atoms with Gasteiger partial charge in [0.1, 0.15) is 0 Å². The largest absolute Gasteiger partial charge is 0.380 e. The third kappa shape index (κ3) is 4.29. The SMILES string of the molecule is O=C(NCCCOCCCl)C1CCC1. The fraction of sp³-hybridized carbons (Fsp3) is 0.900. The van der Waals surface area contributed by atoms with Crippen molar-refractivity contribution in [2.24, 2.45) is 5.92 Å². The predicted molar refractivity (Wildman–Crippen MR) is 56.5 cm³/mol. The van der Waals surface area contributed by atoms with E-state index in [2.05, 4.69) is 5.32 Å². The fourth-order valence-electron chi connectivity index (χ4n) is 1.36. The molecular weight excluding hydrogens is 202 g/mol. The Morgan fingerprint density at radius 2 is 2.21 bits per heavy atom. The van der Waals surface area contributed by atoms with E-state index >= 15 is 0 Å². The molecule has 1 rings (SSSR count). The summed E-state index contributed by atoms with van der Waals surface area (Å²) in [6, 6.07) is 0. The Morgan fingerprint density at radius 1 is 1.43 bits per heavy atom. The molecule has 0 aliphatic heterocycles. The van der Waals surface area contributed by atoms with Gasteiger partial charge in [-0.05, 0) is 19.3 Å². The summed E-state index contributed by atoms with van der Waals surface area (Å²) in [5.74, 6) is 1.04. The number of nitrogens with one attached hydrogen (secondary N) is 1. The van der Waals surface area contributed by atoms with Crippen LogP contribution in [0.15, 0.2) is 0 Å². The van der Waals surface area contributed by atoms with Gasteiger partial charge in [-0.3, -0.25) is 4.79 Å². The van der Waals surface area contributed by atoms with E-state index in [1.807, 2.05) is 0 Å². The maximum absolute atomic E-state index is 11.3. The van der Waals surface area contributed by atoms with Gasteiger partial charge in [0.25, 0.3) is 0 Å². The van der Waals surface area contributed by atoms with Crippen molar-refractivity contribution in [2.45, 2.75) is 25.7 Å². The van der Waals surface area contributed by atoms with Gasteiger partial charge in [0.15, 0.2) is 0 Å². The van der Waals surface area contributed by atoms with E-state index in [-0.39, 0.29) is 5.91 Å². The lowest BCUT2D eigenvalue weighted by molar-refractivity contribution is -0.127. The van der Waals surface area contributed by atoms with Gasteiger partial charge in [0.05, 0.1) is 6.61 Å². The van der Waals surface area contributed by atoms with Crippen LogP contribution in [0.5, 0.6) is 0 Å². The standard InChI is InChI=1S/C10H18ClNO2/c11-5-8-14-7-2-6-12-10(13)9-3-1-4-9/h9H,1-8H2,(H,12,13). The number of amides is 1. The number of rotatable bonds is 7. The molecule has 1 saturated carbocycles. The van der Waals surface area contributed by atoms with Crippen LogP contribution in [0.2, 0.25) is 0 Å². The van der Waals surface area contributed by atoms with Gasteiger partial charge in [-0.1, -0.05) is 6.42 Å². The summed E-state index contributed by atoms with van der Waals surface area (Å²) in [6.45, 7) is 1.99. The van der Waals surface area contributed by atoms with Gasteiger partial charge >= 0.3 is 0 Å². The lowest BCUT2D eigenvalue weighted by Crippen LogP contribution is -2.35. The molecule has 1 amide bonds. The molecule has 1 N–H and O–H groups in total. The van der Waals surface area contributed by atoms with Gasteiger partial charge < -0.3 is 10.1 Å². The second kappa shape index (κ2) is 7.07. The summed E-state index contributed by atoms with van der Waals surface area (Å²) in [5.41, 5.74) is 0. The molecule has 14 heavy (non-hydrogen) atoms. The number of carbonyl (C=O) groups excluding carboxylic acids is 1. The zero-order valence-corrected chi connectivity index (χ0v) is 9.18. The fourth-order valence-corrected chi connectivity index (χ4v) is 1.47. The molecule has 1 aliphatic rings. The van der Waals surface area contributed by atoms with Gasteiger partial charge in [-0.2, -0.15) is 0 Å². The third-order valence-electron chi connectivity index (χ3n) is 2.46. The molecule has 0 aromatic rings. The second-order valence-corrected chi connectivity index (χ2v) is 3.95. The van der Waals surface area contributed by atoms with Crippen LogP contribution in [-0.4, -0.2) is 31.5 Å². The van der Waals surface area contributed by atoms with Gasteiger partial charge in [0, 0.05) is 24.9 Å². The molecule has 0 aromatic heterocycles. The minimum atomic E-state index is 0.216. The van der Waals surface area contributed by atoms with Crippen LogP contribution in [0.4, 0.5) is 0 Å². The first kappa shape index (κ1) is 11.8. The molecule has 0 aromatic carbocycles. The average Bonchev–Trinajstić information content (AvgIpc) is 2.08. The Hall–Kier alpha value is -0.280. The maximum atomic E-state index is 11.3. The summed E-state index contributed by atoms with van der Waals surface area (Å²) < 4.78 is 5.18. The molecule has 1 aliphatic carbocycles. The number of carbonyl (C=O) groups is 1. The van der Waals surface area contributed by atoms with Crippen LogP contribution in [0.25, 0.3) is 0 Å². The number of ether oxygens (including phenoxy) is 1. The van der Waals surface area contributed by atoms with Crippen molar-refractivity contribution in [3.8, 4) is 0 Å². The zero-order chi connectivity index (χ0) is 10.2. The van der Waals surface area contributed by atoms with E-state index in [1.165, 1.54) is 6.42 Å². The predicted octanol–water partition coefficient (Wildman–Crippen LogP) is 1.55. The van der Waals surface area contributed by atoms with Gasteiger partial charge in [-0.15, -0.1) is 11.6 Å². The lowest BCUT2D eigenvalue weighted by atomic mass is 9.85. The van der Waals surface area contributed by atoms with E-state index in [9.17, 15) is 4.79 Å². The lowest BCUT2D eigenvalue weighted by Gasteiger charge is -2.23. The first-order valence-corrected chi connectivity index (χ1v) is 5.79. The third-order valence-corrected chi connectivity index (χ3v) is 2.62. The molecule has 1 fully saturated rings. The Bertz CT molecular complexity index is 172. The molecule has 0 unspecified atom stereocenters. The Morgan fingerprint density at radius 3 is 2.79 bits per heavy atom. The molecule has 82 valence electrons.